The first-order chi connectivity index (χ1) is 8.56. The van der Waals surface area contributed by atoms with Crippen LogP contribution in [-0.4, -0.2) is 31.9 Å². The number of benzene rings is 1. The van der Waals surface area contributed by atoms with Gasteiger partial charge < -0.3 is 25.1 Å². The molecule has 0 radical (unpaired) electrons. The van der Waals surface area contributed by atoms with Gasteiger partial charge in [0.05, 0.1) is 20.8 Å². The monoisotopic (exact) mass is 255 g/mol. The third-order valence-electron chi connectivity index (χ3n) is 2.42. The summed E-state index contributed by atoms with van der Waals surface area (Å²) in [7, 11) is 2.95. The number of nitrogens with two attached hydrogens (primary N) is 1. The van der Waals surface area contributed by atoms with Crippen LogP contribution < -0.4 is 19.9 Å². The number of ether oxygens (including phenoxy) is 3. The summed E-state index contributed by atoms with van der Waals surface area (Å²) in [6.45, 7) is 2.15. The quantitative estimate of drug-likeness (QED) is 0.793. The average molecular weight is 255 g/mol. The van der Waals surface area contributed by atoms with Gasteiger partial charge >= 0.3 is 5.97 Å². The fourth-order valence-corrected chi connectivity index (χ4v) is 1.59. The van der Waals surface area contributed by atoms with Gasteiger partial charge in [-0.2, -0.15) is 0 Å². The van der Waals surface area contributed by atoms with Gasteiger partial charge in [-0.05, 0) is 19.1 Å². The molecule has 1 atom stereocenters. The van der Waals surface area contributed by atoms with Crippen molar-refractivity contribution in [1.82, 2.24) is 0 Å². The highest BCUT2D eigenvalue weighted by Crippen LogP contribution is 2.41. The van der Waals surface area contributed by atoms with E-state index in [1.807, 2.05) is 0 Å². The minimum absolute atomic E-state index is 0.300. The molecule has 6 heteroatoms. The molecular weight excluding hydrogens is 238 g/mol. The molecule has 0 saturated carbocycles. The van der Waals surface area contributed by atoms with Gasteiger partial charge in [0.1, 0.15) is 6.04 Å². The molecule has 6 nitrogen and oxygen atoms in total. The second-order valence-corrected chi connectivity index (χ2v) is 3.47. The minimum atomic E-state index is -1.17. The fraction of sp³-hybridized carbons (Fsp3) is 0.417. The summed E-state index contributed by atoms with van der Waals surface area (Å²) < 4.78 is 15.7. The van der Waals surface area contributed by atoms with Crippen LogP contribution in [0.5, 0.6) is 17.2 Å². The van der Waals surface area contributed by atoms with E-state index >= 15 is 0 Å². The van der Waals surface area contributed by atoms with E-state index in [1.165, 1.54) is 14.2 Å². The van der Waals surface area contributed by atoms with Crippen LogP contribution in [-0.2, 0) is 4.79 Å². The highest BCUT2D eigenvalue weighted by molar-refractivity contribution is 5.77. The molecule has 0 saturated heterocycles. The summed E-state index contributed by atoms with van der Waals surface area (Å²) in [5.41, 5.74) is 5.96. The largest absolute Gasteiger partial charge is 0.493 e. The number of hydrogen-bond donors (Lipinski definition) is 2. The Kier molecular flexibility index (Phi) is 4.79. The molecule has 0 amide bonds. The van der Waals surface area contributed by atoms with Crippen LogP contribution in [0, 0.1) is 0 Å². The maximum absolute atomic E-state index is 11.0. The third-order valence-corrected chi connectivity index (χ3v) is 2.42. The van der Waals surface area contributed by atoms with Crippen LogP contribution in [0.2, 0.25) is 0 Å². The van der Waals surface area contributed by atoms with Crippen molar-refractivity contribution < 1.29 is 24.1 Å². The van der Waals surface area contributed by atoms with E-state index in [4.69, 9.17) is 25.1 Å². The van der Waals surface area contributed by atoms with Crippen molar-refractivity contribution in [2.24, 2.45) is 5.73 Å². The van der Waals surface area contributed by atoms with Crippen molar-refractivity contribution in [3.8, 4) is 17.2 Å². The summed E-state index contributed by atoms with van der Waals surface area (Å²) in [5, 5.41) is 8.97. The van der Waals surface area contributed by atoms with E-state index in [0.717, 1.165) is 0 Å². The zero-order chi connectivity index (χ0) is 13.7. The zero-order valence-electron chi connectivity index (χ0n) is 10.6. The fourth-order valence-electron chi connectivity index (χ4n) is 1.59. The maximum Gasteiger partial charge on any atom is 0.325 e. The maximum atomic E-state index is 11.0. The van der Waals surface area contributed by atoms with Gasteiger partial charge in [0, 0.05) is 5.56 Å². The highest BCUT2D eigenvalue weighted by Gasteiger charge is 2.24. The molecule has 1 unspecified atom stereocenters. The highest BCUT2D eigenvalue weighted by atomic mass is 16.5. The molecular formula is C12H17NO5. The van der Waals surface area contributed by atoms with Crippen molar-refractivity contribution >= 4 is 5.97 Å². The van der Waals surface area contributed by atoms with Crippen molar-refractivity contribution in [2.45, 2.75) is 13.0 Å². The Balaban J connectivity index is 3.38. The lowest BCUT2D eigenvalue weighted by molar-refractivity contribution is -0.138. The van der Waals surface area contributed by atoms with Gasteiger partial charge in [0.15, 0.2) is 11.5 Å². The second kappa shape index (κ2) is 6.11. The number of carboxylic acid groups (broad SMARTS) is 1. The van der Waals surface area contributed by atoms with Crippen LogP contribution >= 0.6 is 0 Å². The molecule has 0 aliphatic heterocycles. The molecule has 1 aromatic rings. The summed E-state index contributed by atoms with van der Waals surface area (Å²) in [6, 6.07) is 1.98. The molecule has 1 rings (SSSR count). The molecule has 1 aromatic carbocycles. The van der Waals surface area contributed by atoms with Gasteiger partial charge in [-0.25, -0.2) is 0 Å². The molecule has 0 heterocycles. The number of aliphatic carboxylic acids is 1. The van der Waals surface area contributed by atoms with Gasteiger partial charge in [-0.1, -0.05) is 0 Å². The van der Waals surface area contributed by atoms with E-state index < -0.39 is 12.0 Å². The molecule has 100 valence electrons. The van der Waals surface area contributed by atoms with Crippen molar-refractivity contribution in [3.05, 3.63) is 17.7 Å². The van der Waals surface area contributed by atoms with E-state index in [-0.39, 0.29) is 0 Å². The average Bonchev–Trinajstić information content (AvgIpc) is 2.37. The molecule has 0 spiro atoms. The van der Waals surface area contributed by atoms with Crippen molar-refractivity contribution in [1.29, 1.82) is 0 Å². The number of carbonyl (C=O) groups is 1. The standard InChI is InChI=1S/C12H17NO5/c1-4-18-10-7(9(13)12(14)15)5-6-8(16-2)11(10)17-3/h5-6,9H,4,13H2,1-3H3,(H,14,15). The van der Waals surface area contributed by atoms with Crippen LogP contribution in [0.15, 0.2) is 12.1 Å². The lowest BCUT2D eigenvalue weighted by Crippen LogP contribution is -2.21. The van der Waals surface area contributed by atoms with Gasteiger partial charge in [-0.15, -0.1) is 0 Å². The number of rotatable bonds is 6. The van der Waals surface area contributed by atoms with E-state index in [9.17, 15) is 4.79 Å². The summed E-state index contributed by atoms with van der Waals surface area (Å²) in [5.74, 6) is -0.0340. The third kappa shape index (κ3) is 2.65. The van der Waals surface area contributed by atoms with Crippen LogP contribution in [0.3, 0.4) is 0 Å². The summed E-state index contributed by atoms with van der Waals surface area (Å²) in [6.07, 6.45) is 0. The van der Waals surface area contributed by atoms with Gasteiger partial charge in [0.2, 0.25) is 5.75 Å². The first-order valence-electron chi connectivity index (χ1n) is 5.42. The lowest BCUT2D eigenvalue weighted by atomic mass is 10.1. The topological polar surface area (TPSA) is 91.0 Å². The lowest BCUT2D eigenvalue weighted by Gasteiger charge is -2.18. The molecule has 0 bridgehead atoms. The molecule has 0 aromatic heterocycles. The molecule has 3 N–H and O–H groups in total. The smallest absolute Gasteiger partial charge is 0.325 e. The molecule has 0 fully saturated rings. The molecule has 18 heavy (non-hydrogen) atoms. The van der Waals surface area contributed by atoms with Crippen LogP contribution in [0.25, 0.3) is 0 Å². The summed E-state index contributed by atoms with van der Waals surface area (Å²) in [4.78, 5) is 11.0. The Hall–Kier alpha value is -1.95. The molecule has 0 aliphatic rings. The van der Waals surface area contributed by atoms with E-state index in [1.54, 1.807) is 19.1 Å². The predicted octanol–water partition coefficient (Wildman–Crippen LogP) is 1.19. The first-order valence-corrected chi connectivity index (χ1v) is 5.42. The Morgan fingerprint density at radius 3 is 2.44 bits per heavy atom. The van der Waals surface area contributed by atoms with Gasteiger partial charge in [0.25, 0.3) is 0 Å². The predicted molar refractivity (Wildman–Crippen MR) is 65.3 cm³/mol. The summed E-state index contributed by atoms with van der Waals surface area (Å²) >= 11 is 0. The Bertz CT molecular complexity index is 433. The second-order valence-electron chi connectivity index (χ2n) is 3.47. The van der Waals surface area contributed by atoms with Crippen LogP contribution in [0.4, 0.5) is 0 Å². The van der Waals surface area contributed by atoms with Crippen molar-refractivity contribution in [3.63, 3.8) is 0 Å². The van der Waals surface area contributed by atoms with E-state index in [0.29, 0.717) is 29.4 Å². The molecule has 0 aliphatic carbocycles. The number of hydrogen-bond acceptors (Lipinski definition) is 5. The Labute approximate surface area is 105 Å². The van der Waals surface area contributed by atoms with Gasteiger partial charge in [-0.3, -0.25) is 4.79 Å². The number of carboxylic acids is 1. The van der Waals surface area contributed by atoms with Crippen LogP contribution in [0.1, 0.15) is 18.5 Å². The Morgan fingerprint density at radius 2 is 2.00 bits per heavy atom. The zero-order valence-corrected chi connectivity index (χ0v) is 10.6. The SMILES string of the molecule is CCOc1c(C(N)C(=O)O)ccc(OC)c1OC. The van der Waals surface area contributed by atoms with E-state index in [2.05, 4.69) is 0 Å². The normalized spacial score (nSPS) is 11.8. The Morgan fingerprint density at radius 1 is 1.33 bits per heavy atom. The first kappa shape index (κ1) is 14.1. The minimum Gasteiger partial charge on any atom is -0.493 e. The van der Waals surface area contributed by atoms with Crippen molar-refractivity contribution in [2.75, 3.05) is 20.8 Å². The number of methoxy groups -OCH3 is 2.